The molecule has 1 aliphatic rings. The molecule has 1 saturated heterocycles. The predicted molar refractivity (Wildman–Crippen MR) is 69.5 cm³/mol. The highest BCUT2D eigenvalue weighted by Gasteiger charge is 2.20. The Morgan fingerprint density at radius 1 is 1.69 bits per heavy atom. The number of thiophene rings is 1. The van der Waals surface area contributed by atoms with Gasteiger partial charge in [0.1, 0.15) is 0 Å². The van der Waals surface area contributed by atoms with Gasteiger partial charge in [0.15, 0.2) is 0 Å². The van der Waals surface area contributed by atoms with E-state index in [-0.39, 0.29) is 18.3 Å². The van der Waals surface area contributed by atoms with Crippen molar-refractivity contribution in [3.05, 3.63) is 22.4 Å². The van der Waals surface area contributed by atoms with Crippen LogP contribution in [0.25, 0.3) is 0 Å². The Morgan fingerprint density at radius 2 is 2.50 bits per heavy atom. The van der Waals surface area contributed by atoms with E-state index in [1.807, 2.05) is 29.5 Å². The molecule has 0 saturated carbocycles. The van der Waals surface area contributed by atoms with Gasteiger partial charge >= 0.3 is 0 Å². The quantitative estimate of drug-likeness (QED) is 0.900. The van der Waals surface area contributed by atoms with Crippen molar-refractivity contribution in [1.29, 1.82) is 0 Å². The molecule has 1 aromatic rings. The second-order valence-corrected chi connectivity index (χ2v) is 4.97. The van der Waals surface area contributed by atoms with Gasteiger partial charge in [-0.1, -0.05) is 6.07 Å². The zero-order valence-electron chi connectivity index (χ0n) is 9.31. The third-order valence-electron chi connectivity index (χ3n) is 2.77. The van der Waals surface area contributed by atoms with E-state index in [4.69, 9.17) is 0 Å². The van der Waals surface area contributed by atoms with Gasteiger partial charge in [0.25, 0.3) is 5.91 Å². The molecule has 1 amide bonds. The number of hydrogen-bond acceptors (Lipinski definition) is 3. The maximum absolute atomic E-state index is 11.9. The number of hydrogen-bond donors (Lipinski definition) is 1. The summed E-state index contributed by atoms with van der Waals surface area (Å²) in [5, 5.41) is 5.26. The molecule has 1 aliphatic heterocycles. The lowest BCUT2D eigenvalue weighted by Gasteiger charge is -2.19. The zero-order valence-corrected chi connectivity index (χ0v) is 10.9. The van der Waals surface area contributed by atoms with Crippen LogP contribution < -0.4 is 5.32 Å². The molecule has 2 heterocycles. The highest BCUT2D eigenvalue weighted by atomic mass is 35.5. The Hall–Kier alpha value is -0.580. The minimum atomic E-state index is 0. The number of amides is 1. The van der Waals surface area contributed by atoms with Gasteiger partial charge in [-0.15, -0.1) is 23.7 Å². The van der Waals surface area contributed by atoms with E-state index in [1.54, 1.807) is 0 Å². The van der Waals surface area contributed by atoms with Crippen LogP contribution in [0.4, 0.5) is 0 Å². The van der Waals surface area contributed by atoms with Crippen LogP contribution in [-0.2, 0) is 0 Å². The van der Waals surface area contributed by atoms with E-state index in [0.29, 0.717) is 5.92 Å². The first-order valence-electron chi connectivity index (χ1n) is 5.27. The summed E-state index contributed by atoms with van der Waals surface area (Å²) in [6.45, 7) is 3.00. The van der Waals surface area contributed by atoms with Crippen LogP contribution in [0.15, 0.2) is 17.5 Å². The monoisotopic (exact) mass is 260 g/mol. The maximum Gasteiger partial charge on any atom is 0.263 e. The first-order valence-corrected chi connectivity index (χ1v) is 6.15. The van der Waals surface area contributed by atoms with Gasteiger partial charge in [0.05, 0.1) is 4.88 Å². The van der Waals surface area contributed by atoms with Crippen LogP contribution >= 0.6 is 23.7 Å². The van der Waals surface area contributed by atoms with Crippen molar-refractivity contribution in [1.82, 2.24) is 10.2 Å². The van der Waals surface area contributed by atoms with E-state index in [1.165, 1.54) is 17.8 Å². The summed E-state index contributed by atoms with van der Waals surface area (Å²) in [6.07, 6.45) is 1.18. The van der Waals surface area contributed by atoms with Crippen LogP contribution in [0, 0.1) is 5.92 Å². The molecule has 1 atom stereocenters. The van der Waals surface area contributed by atoms with E-state index >= 15 is 0 Å². The molecule has 5 heteroatoms. The molecule has 90 valence electrons. The molecule has 1 N–H and O–H groups in total. The Labute approximate surface area is 106 Å². The van der Waals surface area contributed by atoms with Gasteiger partial charge < -0.3 is 10.2 Å². The van der Waals surface area contributed by atoms with Crippen LogP contribution in [0.3, 0.4) is 0 Å². The molecular weight excluding hydrogens is 244 g/mol. The van der Waals surface area contributed by atoms with E-state index in [9.17, 15) is 4.79 Å². The lowest BCUT2D eigenvalue weighted by molar-refractivity contribution is 0.0781. The Kier molecular flexibility index (Phi) is 5.25. The average Bonchev–Trinajstić information content (AvgIpc) is 2.88. The lowest BCUT2D eigenvalue weighted by Crippen LogP contribution is -2.32. The van der Waals surface area contributed by atoms with Crippen LogP contribution in [0.2, 0.25) is 0 Å². The minimum Gasteiger partial charge on any atom is -0.341 e. The summed E-state index contributed by atoms with van der Waals surface area (Å²) in [5.41, 5.74) is 0. The molecule has 16 heavy (non-hydrogen) atoms. The normalized spacial score (nSPS) is 19.2. The minimum absolute atomic E-state index is 0. The van der Waals surface area contributed by atoms with Crippen LogP contribution in [0.5, 0.6) is 0 Å². The van der Waals surface area contributed by atoms with Gasteiger partial charge in [-0.25, -0.2) is 0 Å². The topological polar surface area (TPSA) is 32.3 Å². The van der Waals surface area contributed by atoms with Crippen molar-refractivity contribution in [2.45, 2.75) is 6.42 Å². The average molecular weight is 261 g/mol. The first kappa shape index (κ1) is 13.5. The predicted octanol–water partition coefficient (Wildman–Crippen LogP) is 1.85. The summed E-state index contributed by atoms with van der Waals surface area (Å²) < 4.78 is 0. The molecule has 0 radical (unpaired) electrons. The fourth-order valence-electron chi connectivity index (χ4n) is 1.93. The summed E-state index contributed by atoms with van der Waals surface area (Å²) >= 11 is 1.51. The molecule has 2 rings (SSSR count). The van der Waals surface area contributed by atoms with Crippen LogP contribution in [-0.4, -0.2) is 37.5 Å². The van der Waals surface area contributed by atoms with Gasteiger partial charge in [0.2, 0.25) is 0 Å². The van der Waals surface area contributed by atoms with Gasteiger partial charge in [-0.3, -0.25) is 4.79 Å². The van der Waals surface area contributed by atoms with Crippen molar-refractivity contribution >= 4 is 29.7 Å². The number of halogens is 1. The molecule has 0 bridgehead atoms. The van der Waals surface area contributed by atoms with Gasteiger partial charge in [-0.05, 0) is 36.9 Å². The number of carbonyl (C=O) groups excluding carboxylic acids is 1. The highest BCUT2D eigenvalue weighted by molar-refractivity contribution is 7.12. The third-order valence-corrected chi connectivity index (χ3v) is 3.63. The fraction of sp³-hybridized carbons (Fsp3) is 0.545. The Morgan fingerprint density at radius 3 is 3.06 bits per heavy atom. The van der Waals surface area contributed by atoms with E-state index in [2.05, 4.69) is 5.32 Å². The molecule has 1 fully saturated rings. The third kappa shape index (κ3) is 3.20. The molecule has 0 spiro atoms. The number of nitrogens with zero attached hydrogens (tertiary/aromatic N) is 1. The standard InChI is InChI=1S/C11H16N2OS.ClH/c1-13(8-9-4-5-12-7-9)11(14)10-3-2-6-15-10;/h2-3,6,9,12H,4-5,7-8H2,1H3;1H. The second-order valence-electron chi connectivity index (χ2n) is 4.02. The maximum atomic E-state index is 11.9. The fourth-order valence-corrected chi connectivity index (χ4v) is 2.65. The smallest absolute Gasteiger partial charge is 0.263 e. The van der Waals surface area contributed by atoms with Crippen molar-refractivity contribution in [3.63, 3.8) is 0 Å². The number of nitrogens with one attached hydrogen (secondary N) is 1. The number of rotatable bonds is 3. The van der Waals surface area contributed by atoms with E-state index < -0.39 is 0 Å². The van der Waals surface area contributed by atoms with E-state index in [0.717, 1.165) is 24.5 Å². The summed E-state index contributed by atoms with van der Waals surface area (Å²) in [7, 11) is 1.89. The summed E-state index contributed by atoms with van der Waals surface area (Å²) in [4.78, 5) is 14.6. The SMILES string of the molecule is CN(CC1CCNC1)C(=O)c1cccs1.Cl. The molecule has 1 aromatic heterocycles. The van der Waals surface area contributed by atoms with Crippen molar-refractivity contribution in [2.75, 3.05) is 26.7 Å². The molecule has 0 aliphatic carbocycles. The Bertz CT molecular complexity index is 323. The summed E-state index contributed by atoms with van der Waals surface area (Å²) in [5.74, 6) is 0.774. The first-order chi connectivity index (χ1) is 7.27. The molecular formula is C11H17ClN2OS. The summed E-state index contributed by atoms with van der Waals surface area (Å²) in [6, 6.07) is 3.80. The molecule has 1 unspecified atom stereocenters. The second kappa shape index (κ2) is 6.23. The van der Waals surface area contributed by atoms with Crippen molar-refractivity contribution < 1.29 is 4.79 Å². The highest BCUT2D eigenvalue weighted by Crippen LogP contribution is 2.14. The van der Waals surface area contributed by atoms with Gasteiger partial charge in [-0.2, -0.15) is 0 Å². The molecule has 3 nitrogen and oxygen atoms in total. The zero-order chi connectivity index (χ0) is 10.7. The Balaban J connectivity index is 0.00000128. The van der Waals surface area contributed by atoms with Gasteiger partial charge in [0, 0.05) is 13.6 Å². The van der Waals surface area contributed by atoms with Crippen molar-refractivity contribution in [2.24, 2.45) is 5.92 Å². The number of carbonyl (C=O) groups is 1. The van der Waals surface area contributed by atoms with Crippen LogP contribution in [0.1, 0.15) is 16.1 Å². The lowest BCUT2D eigenvalue weighted by atomic mass is 10.1. The largest absolute Gasteiger partial charge is 0.341 e. The molecule has 0 aromatic carbocycles. The van der Waals surface area contributed by atoms with Crippen molar-refractivity contribution in [3.8, 4) is 0 Å².